The normalized spacial score (nSPS) is 11.9. The van der Waals surface area contributed by atoms with Crippen LogP contribution in [0.3, 0.4) is 0 Å². The van der Waals surface area contributed by atoms with Gasteiger partial charge in [-0.3, -0.25) is 9.48 Å². The number of carboxylic acid groups (broad SMARTS) is 1. The Kier molecular flexibility index (Phi) is 4.71. The minimum absolute atomic E-state index is 0.0640. The number of aromatic carboxylic acids is 1. The minimum Gasteiger partial charge on any atom is -0.478 e. The largest absolute Gasteiger partial charge is 0.478 e. The van der Waals surface area contributed by atoms with Gasteiger partial charge in [0, 0.05) is 19.2 Å². The molecule has 0 spiro atoms. The molecule has 110 valence electrons. The third kappa shape index (κ3) is 4.17. The zero-order valence-electron chi connectivity index (χ0n) is 11.7. The molecule has 1 unspecified atom stereocenters. The maximum Gasteiger partial charge on any atom is 0.338 e. The maximum atomic E-state index is 11.9. The molecule has 0 fully saturated rings. The van der Waals surface area contributed by atoms with Crippen molar-refractivity contribution in [1.82, 2.24) is 15.1 Å². The summed E-state index contributed by atoms with van der Waals surface area (Å²) in [6, 6.07) is 9.63. The van der Waals surface area contributed by atoms with Crippen LogP contribution < -0.4 is 5.32 Å². The highest BCUT2D eigenvalue weighted by Gasteiger charge is 2.10. The summed E-state index contributed by atoms with van der Waals surface area (Å²) in [7, 11) is 0. The van der Waals surface area contributed by atoms with Gasteiger partial charge in [-0.25, -0.2) is 4.79 Å². The van der Waals surface area contributed by atoms with Crippen LogP contribution in [0.5, 0.6) is 0 Å². The number of rotatable bonds is 6. The first-order valence-corrected chi connectivity index (χ1v) is 6.66. The molecule has 21 heavy (non-hydrogen) atoms. The fourth-order valence-corrected chi connectivity index (χ4v) is 1.95. The minimum atomic E-state index is -1.02. The van der Waals surface area contributed by atoms with E-state index in [1.54, 1.807) is 0 Å². The van der Waals surface area contributed by atoms with E-state index < -0.39 is 5.97 Å². The molecule has 2 N–H and O–H groups in total. The summed E-state index contributed by atoms with van der Waals surface area (Å²) in [5.41, 5.74) is 1.16. The van der Waals surface area contributed by atoms with E-state index in [1.165, 1.54) is 17.1 Å². The van der Waals surface area contributed by atoms with Crippen LogP contribution in [0.15, 0.2) is 42.7 Å². The molecule has 0 saturated heterocycles. The van der Waals surface area contributed by atoms with E-state index >= 15 is 0 Å². The summed E-state index contributed by atoms with van der Waals surface area (Å²) in [4.78, 5) is 22.6. The van der Waals surface area contributed by atoms with Crippen LogP contribution in [0, 0.1) is 0 Å². The number of carbonyl (C=O) groups excluding carboxylic acids is 1. The maximum absolute atomic E-state index is 11.9. The van der Waals surface area contributed by atoms with Crippen LogP contribution in [-0.2, 0) is 11.3 Å². The first kappa shape index (κ1) is 14.8. The van der Waals surface area contributed by atoms with Crippen molar-refractivity contribution in [3.05, 3.63) is 53.9 Å². The zero-order chi connectivity index (χ0) is 15.2. The van der Waals surface area contributed by atoms with E-state index in [-0.39, 0.29) is 23.9 Å². The number of carbonyl (C=O) groups is 2. The highest BCUT2D eigenvalue weighted by molar-refractivity contribution is 5.86. The number of benzene rings is 1. The lowest BCUT2D eigenvalue weighted by molar-refractivity contribution is -0.122. The van der Waals surface area contributed by atoms with Gasteiger partial charge in [-0.2, -0.15) is 5.10 Å². The highest BCUT2D eigenvalue weighted by atomic mass is 16.4. The third-order valence-corrected chi connectivity index (χ3v) is 3.13. The molecule has 0 aliphatic carbocycles. The molecule has 1 aromatic carbocycles. The summed E-state index contributed by atoms with van der Waals surface area (Å²) >= 11 is 0. The summed E-state index contributed by atoms with van der Waals surface area (Å²) < 4.78 is 1.45. The van der Waals surface area contributed by atoms with E-state index in [9.17, 15) is 9.59 Å². The lowest BCUT2D eigenvalue weighted by Crippen LogP contribution is -2.27. The standard InChI is InChI=1S/C15H17N3O3/c1-11(12-5-3-2-4-6-12)17-14(19)7-8-18-10-13(9-16-18)15(20)21/h2-6,9-11H,7-8H2,1H3,(H,17,19)(H,20,21). The van der Waals surface area contributed by atoms with Crippen molar-refractivity contribution in [2.75, 3.05) is 0 Å². The van der Waals surface area contributed by atoms with E-state index in [2.05, 4.69) is 10.4 Å². The van der Waals surface area contributed by atoms with Crippen molar-refractivity contribution in [3.8, 4) is 0 Å². The van der Waals surface area contributed by atoms with E-state index in [4.69, 9.17) is 5.11 Å². The van der Waals surface area contributed by atoms with Crippen molar-refractivity contribution < 1.29 is 14.7 Å². The molecule has 1 heterocycles. The number of nitrogens with one attached hydrogen (secondary N) is 1. The fraction of sp³-hybridized carbons (Fsp3) is 0.267. The molecule has 2 rings (SSSR count). The van der Waals surface area contributed by atoms with E-state index in [1.807, 2.05) is 37.3 Å². The van der Waals surface area contributed by atoms with Gasteiger partial charge < -0.3 is 10.4 Å². The summed E-state index contributed by atoms with van der Waals surface area (Å²) in [6.45, 7) is 2.27. The Labute approximate surface area is 122 Å². The molecular weight excluding hydrogens is 270 g/mol. The average molecular weight is 287 g/mol. The molecule has 0 bridgehead atoms. The van der Waals surface area contributed by atoms with E-state index in [0.717, 1.165) is 5.56 Å². The number of carboxylic acids is 1. The molecule has 0 aliphatic heterocycles. The van der Waals surface area contributed by atoms with Crippen LogP contribution in [-0.4, -0.2) is 26.8 Å². The number of amides is 1. The van der Waals surface area contributed by atoms with Gasteiger partial charge in [0.1, 0.15) is 0 Å². The van der Waals surface area contributed by atoms with Crippen molar-refractivity contribution in [3.63, 3.8) is 0 Å². The van der Waals surface area contributed by atoms with Gasteiger partial charge >= 0.3 is 5.97 Å². The molecule has 2 aromatic rings. The number of aryl methyl sites for hydroxylation is 1. The SMILES string of the molecule is CC(NC(=O)CCn1cc(C(=O)O)cn1)c1ccccc1. The van der Waals surface area contributed by atoms with Gasteiger partial charge in [0.05, 0.1) is 17.8 Å². The number of hydrogen-bond donors (Lipinski definition) is 2. The fourth-order valence-electron chi connectivity index (χ4n) is 1.95. The monoisotopic (exact) mass is 287 g/mol. The summed E-state index contributed by atoms with van der Waals surface area (Å²) in [5.74, 6) is -1.12. The predicted molar refractivity (Wildman–Crippen MR) is 76.8 cm³/mol. The second-order valence-corrected chi connectivity index (χ2v) is 4.75. The van der Waals surface area contributed by atoms with Gasteiger partial charge in [-0.1, -0.05) is 30.3 Å². The van der Waals surface area contributed by atoms with Crippen LogP contribution in [0.25, 0.3) is 0 Å². The molecule has 6 heteroatoms. The Morgan fingerprint density at radius 3 is 2.67 bits per heavy atom. The quantitative estimate of drug-likeness (QED) is 0.849. The number of hydrogen-bond acceptors (Lipinski definition) is 3. The zero-order valence-corrected chi connectivity index (χ0v) is 11.7. The number of aromatic nitrogens is 2. The molecule has 1 aromatic heterocycles. The molecule has 1 amide bonds. The Balaban J connectivity index is 1.83. The summed E-state index contributed by atoms with van der Waals surface area (Å²) in [6.07, 6.45) is 2.93. The van der Waals surface area contributed by atoms with Gasteiger partial charge in [-0.05, 0) is 12.5 Å². The smallest absolute Gasteiger partial charge is 0.338 e. The van der Waals surface area contributed by atoms with Crippen LogP contribution in [0.2, 0.25) is 0 Å². The van der Waals surface area contributed by atoms with Crippen molar-refractivity contribution in [1.29, 1.82) is 0 Å². The van der Waals surface area contributed by atoms with E-state index in [0.29, 0.717) is 6.54 Å². The molecule has 0 aliphatic rings. The molecule has 1 atom stereocenters. The third-order valence-electron chi connectivity index (χ3n) is 3.13. The molecule has 0 saturated carbocycles. The lowest BCUT2D eigenvalue weighted by Gasteiger charge is -2.14. The Morgan fingerprint density at radius 1 is 1.33 bits per heavy atom. The Hall–Kier alpha value is -2.63. The first-order chi connectivity index (χ1) is 10.1. The first-order valence-electron chi connectivity index (χ1n) is 6.66. The Morgan fingerprint density at radius 2 is 2.05 bits per heavy atom. The van der Waals surface area contributed by atoms with Gasteiger partial charge in [0.2, 0.25) is 5.91 Å². The molecular formula is C15H17N3O3. The average Bonchev–Trinajstić information content (AvgIpc) is 2.95. The van der Waals surface area contributed by atoms with Crippen molar-refractivity contribution in [2.24, 2.45) is 0 Å². The van der Waals surface area contributed by atoms with Gasteiger partial charge in [0.15, 0.2) is 0 Å². The number of nitrogens with zero attached hydrogens (tertiary/aromatic N) is 2. The topological polar surface area (TPSA) is 84.2 Å². The van der Waals surface area contributed by atoms with Gasteiger partial charge in [0.25, 0.3) is 0 Å². The van der Waals surface area contributed by atoms with Crippen LogP contribution in [0.1, 0.15) is 35.3 Å². The Bertz CT molecular complexity index is 622. The predicted octanol–water partition coefficient (Wildman–Crippen LogP) is 1.85. The lowest BCUT2D eigenvalue weighted by atomic mass is 10.1. The van der Waals surface area contributed by atoms with Crippen LogP contribution in [0.4, 0.5) is 0 Å². The molecule has 0 radical (unpaired) electrons. The van der Waals surface area contributed by atoms with Crippen LogP contribution >= 0.6 is 0 Å². The second-order valence-electron chi connectivity index (χ2n) is 4.75. The van der Waals surface area contributed by atoms with Crippen molar-refractivity contribution in [2.45, 2.75) is 25.9 Å². The summed E-state index contributed by atoms with van der Waals surface area (Å²) in [5, 5.41) is 15.6. The molecule has 6 nitrogen and oxygen atoms in total. The van der Waals surface area contributed by atoms with Gasteiger partial charge in [-0.15, -0.1) is 0 Å². The second kappa shape index (κ2) is 6.69. The highest BCUT2D eigenvalue weighted by Crippen LogP contribution is 2.11. The van der Waals surface area contributed by atoms with Crippen molar-refractivity contribution >= 4 is 11.9 Å².